The Bertz CT molecular complexity index is 762. The van der Waals surface area contributed by atoms with E-state index in [1.54, 1.807) is 24.3 Å². The Morgan fingerprint density at radius 1 is 1.12 bits per heavy atom. The van der Waals surface area contributed by atoms with E-state index in [2.05, 4.69) is 25.6 Å². The summed E-state index contributed by atoms with van der Waals surface area (Å²) in [6.07, 6.45) is 4.34. The van der Waals surface area contributed by atoms with Crippen LogP contribution in [0.15, 0.2) is 29.4 Å². The summed E-state index contributed by atoms with van der Waals surface area (Å²) in [6.45, 7) is 0.888. The Labute approximate surface area is 154 Å². The van der Waals surface area contributed by atoms with Gasteiger partial charge in [-0.3, -0.25) is 20.4 Å². The molecular weight excluding hydrogens is 362 g/mol. The molecule has 0 spiro atoms. The molecule has 132 valence electrons. The second-order valence-electron chi connectivity index (χ2n) is 5.66. The quantitative estimate of drug-likeness (QED) is 0.628. The zero-order valence-corrected chi connectivity index (χ0v) is 15.1. The summed E-state index contributed by atoms with van der Waals surface area (Å²) in [4.78, 5) is 23.9. The second kappa shape index (κ2) is 8.35. The summed E-state index contributed by atoms with van der Waals surface area (Å²) >= 11 is 7.09. The molecule has 0 atom stereocenters. The lowest BCUT2D eigenvalue weighted by molar-refractivity contribution is -0.119. The van der Waals surface area contributed by atoms with E-state index in [0.29, 0.717) is 10.6 Å². The number of fused-ring (bicyclic) bond motifs is 1. The van der Waals surface area contributed by atoms with E-state index in [0.717, 1.165) is 36.8 Å². The van der Waals surface area contributed by atoms with Crippen LogP contribution in [0.3, 0.4) is 0 Å². The largest absolute Gasteiger partial charge is 0.306 e. The third kappa shape index (κ3) is 4.73. The van der Waals surface area contributed by atoms with Crippen molar-refractivity contribution in [2.75, 3.05) is 5.75 Å². The number of hydrogen-bond acceptors (Lipinski definition) is 5. The number of aryl methyl sites for hydroxylation is 1. The second-order valence-corrected chi connectivity index (χ2v) is 7.04. The fourth-order valence-corrected chi connectivity index (χ4v) is 3.44. The number of benzene rings is 1. The lowest BCUT2D eigenvalue weighted by Gasteiger charge is -2.08. The van der Waals surface area contributed by atoms with Gasteiger partial charge >= 0.3 is 0 Å². The average Bonchev–Trinajstić information content (AvgIpc) is 2.85. The molecule has 0 aliphatic carbocycles. The number of nitrogens with zero attached hydrogens (tertiary/aromatic N) is 3. The lowest BCUT2D eigenvalue weighted by Crippen LogP contribution is -2.42. The van der Waals surface area contributed by atoms with Gasteiger partial charge in [-0.25, -0.2) is 0 Å². The van der Waals surface area contributed by atoms with Gasteiger partial charge in [0.1, 0.15) is 5.82 Å². The predicted molar refractivity (Wildman–Crippen MR) is 95.4 cm³/mol. The Morgan fingerprint density at radius 2 is 1.92 bits per heavy atom. The Balaban J connectivity index is 1.48. The fourth-order valence-electron chi connectivity index (χ4n) is 2.53. The van der Waals surface area contributed by atoms with E-state index in [9.17, 15) is 9.59 Å². The first kappa shape index (κ1) is 17.8. The minimum atomic E-state index is -0.397. The number of thioether (sulfide) groups is 1. The predicted octanol–water partition coefficient (Wildman–Crippen LogP) is 2.21. The van der Waals surface area contributed by atoms with E-state index in [1.165, 1.54) is 18.2 Å². The third-order valence-electron chi connectivity index (χ3n) is 3.83. The van der Waals surface area contributed by atoms with Crippen molar-refractivity contribution in [3.8, 4) is 0 Å². The monoisotopic (exact) mass is 379 g/mol. The molecule has 2 amide bonds. The van der Waals surface area contributed by atoms with E-state index < -0.39 is 5.91 Å². The number of rotatable bonds is 4. The molecule has 7 nitrogen and oxygen atoms in total. The van der Waals surface area contributed by atoms with Crippen molar-refractivity contribution < 1.29 is 9.59 Å². The van der Waals surface area contributed by atoms with Crippen LogP contribution < -0.4 is 10.9 Å². The van der Waals surface area contributed by atoms with E-state index in [-0.39, 0.29) is 11.7 Å². The molecule has 1 aromatic heterocycles. The molecule has 3 rings (SSSR count). The number of amides is 2. The SMILES string of the molecule is O=C(CSc1nnc2n1CCCCC2)NNC(=O)c1ccc(Cl)cc1. The molecule has 1 aliphatic rings. The van der Waals surface area contributed by atoms with Gasteiger partial charge in [-0.15, -0.1) is 10.2 Å². The van der Waals surface area contributed by atoms with Crippen LogP contribution in [0.5, 0.6) is 0 Å². The summed E-state index contributed by atoms with van der Waals surface area (Å²) in [6, 6.07) is 6.41. The van der Waals surface area contributed by atoms with Crippen LogP contribution in [0.1, 0.15) is 35.4 Å². The van der Waals surface area contributed by atoms with Crippen LogP contribution in [-0.4, -0.2) is 32.3 Å². The van der Waals surface area contributed by atoms with Crippen LogP contribution in [0.4, 0.5) is 0 Å². The van der Waals surface area contributed by atoms with Crippen molar-refractivity contribution in [3.05, 3.63) is 40.7 Å². The number of hydrogen-bond donors (Lipinski definition) is 2. The summed E-state index contributed by atoms with van der Waals surface area (Å²) in [5.41, 5.74) is 5.20. The molecule has 0 saturated carbocycles. The van der Waals surface area contributed by atoms with E-state index in [4.69, 9.17) is 11.6 Å². The highest BCUT2D eigenvalue weighted by Gasteiger charge is 2.16. The molecule has 2 aromatic rings. The van der Waals surface area contributed by atoms with Crippen LogP contribution in [0, 0.1) is 0 Å². The first-order valence-electron chi connectivity index (χ1n) is 8.03. The number of hydrazine groups is 1. The topological polar surface area (TPSA) is 88.9 Å². The van der Waals surface area contributed by atoms with Gasteiger partial charge in [0.15, 0.2) is 5.16 Å². The molecule has 1 aliphatic heterocycles. The fraction of sp³-hybridized carbons (Fsp3) is 0.375. The molecule has 2 heterocycles. The normalized spacial score (nSPS) is 13.6. The summed E-state index contributed by atoms with van der Waals surface area (Å²) < 4.78 is 2.08. The van der Waals surface area contributed by atoms with Gasteiger partial charge < -0.3 is 4.57 Å². The highest BCUT2D eigenvalue weighted by Crippen LogP contribution is 2.21. The molecule has 1 aromatic carbocycles. The standard InChI is InChI=1S/C16H18ClN5O2S/c17-12-7-5-11(6-8-12)15(24)20-19-14(23)10-25-16-21-18-13-4-2-1-3-9-22(13)16/h5-8H,1-4,9-10H2,(H,19,23)(H,20,24). The number of carbonyl (C=O) groups excluding carboxylic acids is 2. The van der Waals surface area contributed by atoms with Crippen molar-refractivity contribution in [3.63, 3.8) is 0 Å². The Morgan fingerprint density at radius 3 is 2.72 bits per heavy atom. The maximum atomic E-state index is 11.9. The van der Waals surface area contributed by atoms with Crippen molar-refractivity contribution in [1.29, 1.82) is 0 Å². The van der Waals surface area contributed by atoms with Gasteiger partial charge in [0.05, 0.1) is 5.75 Å². The maximum Gasteiger partial charge on any atom is 0.269 e. The molecule has 0 saturated heterocycles. The summed E-state index contributed by atoms with van der Waals surface area (Å²) in [7, 11) is 0. The smallest absolute Gasteiger partial charge is 0.269 e. The first-order chi connectivity index (χ1) is 12.1. The number of carbonyl (C=O) groups is 2. The van der Waals surface area contributed by atoms with Crippen molar-refractivity contribution in [2.24, 2.45) is 0 Å². The van der Waals surface area contributed by atoms with E-state index in [1.807, 2.05) is 0 Å². The van der Waals surface area contributed by atoms with Crippen LogP contribution in [0.25, 0.3) is 0 Å². The van der Waals surface area contributed by atoms with Crippen LogP contribution >= 0.6 is 23.4 Å². The zero-order chi connectivity index (χ0) is 17.6. The van der Waals surface area contributed by atoms with Crippen molar-refractivity contribution in [1.82, 2.24) is 25.6 Å². The molecular formula is C16H18ClN5O2S. The minimum Gasteiger partial charge on any atom is -0.306 e. The first-order valence-corrected chi connectivity index (χ1v) is 9.39. The Hall–Kier alpha value is -2.06. The molecule has 2 N–H and O–H groups in total. The van der Waals surface area contributed by atoms with Gasteiger partial charge in [0.2, 0.25) is 5.91 Å². The number of aromatic nitrogens is 3. The number of nitrogens with one attached hydrogen (secondary N) is 2. The van der Waals surface area contributed by atoms with Gasteiger partial charge in [-0.05, 0) is 37.1 Å². The van der Waals surface area contributed by atoms with E-state index >= 15 is 0 Å². The van der Waals surface area contributed by atoms with Gasteiger partial charge in [0, 0.05) is 23.6 Å². The Kier molecular flexibility index (Phi) is 5.93. The lowest BCUT2D eigenvalue weighted by atomic mass is 10.2. The minimum absolute atomic E-state index is 0.152. The molecule has 25 heavy (non-hydrogen) atoms. The summed E-state index contributed by atoms with van der Waals surface area (Å²) in [5.74, 6) is 0.431. The zero-order valence-electron chi connectivity index (χ0n) is 13.5. The maximum absolute atomic E-state index is 11.9. The van der Waals surface area contributed by atoms with Gasteiger partial charge in [-0.2, -0.15) is 0 Å². The van der Waals surface area contributed by atoms with Crippen molar-refractivity contribution in [2.45, 2.75) is 37.4 Å². The third-order valence-corrected chi connectivity index (χ3v) is 5.05. The van der Waals surface area contributed by atoms with Gasteiger partial charge in [0.25, 0.3) is 5.91 Å². The molecule has 0 fully saturated rings. The van der Waals surface area contributed by atoms with Crippen LogP contribution in [-0.2, 0) is 17.8 Å². The molecule has 0 radical (unpaired) electrons. The van der Waals surface area contributed by atoms with Crippen molar-refractivity contribution >= 4 is 35.2 Å². The molecule has 0 bridgehead atoms. The number of halogens is 1. The van der Waals surface area contributed by atoms with Gasteiger partial charge in [-0.1, -0.05) is 29.8 Å². The molecule has 9 heteroatoms. The highest BCUT2D eigenvalue weighted by atomic mass is 35.5. The average molecular weight is 380 g/mol. The molecule has 0 unspecified atom stereocenters. The summed E-state index contributed by atoms with van der Waals surface area (Å²) in [5, 5.41) is 9.65. The highest BCUT2D eigenvalue weighted by molar-refractivity contribution is 7.99. The van der Waals surface area contributed by atoms with Crippen LogP contribution in [0.2, 0.25) is 5.02 Å².